The molecule has 1 fully saturated rings. The Morgan fingerprint density at radius 1 is 1.20 bits per heavy atom. The number of aliphatic hydroxyl groups excluding tert-OH is 1. The fourth-order valence-corrected chi connectivity index (χ4v) is 2.43. The van der Waals surface area contributed by atoms with E-state index >= 15 is 0 Å². The lowest BCUT2D eigenvalue weighted by atomic mass is 9.90. The van der Waals surface area contributed by atoms with Gasteiger partial charge in [-0.05, 0) is 32.4 Å². The second-order valence-corrected chi connectivity index (χ2v) is 4.57. The number of hydrogen-bond acceptors (Lipinski definition) is 2. The number of benzene rings is 1. The van der Waals surface area contributed by atoms with Crippen LogP contribution >= 0.6 is 0 Å². The summed E-state index contributed by atoms with van der Waals surface area (Å²) in [6.07, 6.45) is 1.59. The van der Waals surface area contributed by atoms with Gasteiger partial charge in [-0.15, -0.1) is 0 Å². The summed E-state index contributed by atoms with van der Waals surface area (Å²) in [7, 11) is 2.15. The van der Waals surface area contributed by atoms with Crippen molar-refractivity contribution in [1.82, 2.24) is 4.90 Å². The largest absolute Gasteiger partial charge is 0.393 e. The van der Waals surface area contributed by atoms with Gasteiger partial charge >= 0.3 is 0 Å². The third-order valence-electron chi connectivity index (χ3n) is 3.48. The van der Waals surface area contributed by atoms with E-state index in [1.807, 2.05) is 6.07 Å². The van der Waals surface area contributed by atoms with Gasteiger partial charge in [-0.25, -0.2) is 0 Å². The minimum Gasteiger partial charge on any atom is -0.393 e. The molecule has 0 spiro atoms. The normalized spacial score (nSPS) is 32.9. The number of piperidine rings is 1. The molecule has 1 N–H and O–H groups in total. The summed E-state index contributed by atoms with van der Waals surface area (Å²) in [6.45, 7) is 2.18. The third-order valence-corrected chi connectivity index (χ3v) is 3.48. The lowest BCUT2D eigenvalue weighted by Gasteiger charge is -2.40. The van der Waals surface area contributed by atoms with E-state index in [1.54, 1.807) is 0 Å². The molecule has 0 aromatic heterocycles. The molecule has 0 radical (unpaired) electrons. The van der Waals surface area contributed by atoms with Gasteiger partial charge in [-0.2, -0.15) is 0 Å². The molecular formula is C13H19NO. The zero-order valence-electron chi connectivity index (χ0n) is 9.43. The highest BCUT2D eigenvalue weighted by atomic mass is 16.3. The highest BCUT2D eigenvalue weighted by Crippen LogP contribution is 2.32. The fraction of sp³-hybridized carbons (Fsp3) is 0.538. The van der Waals surface area contributed by atoms with Crippen LogP contribution < -0.4 is 0 Å². The molecule has 1 aliphatic rings. The standard InChI is InChI=1S/C13H19NO/c1-10-8-12(15)9-13(14(10)2)11-6-4-3-5-7-11/h3-7,10,12-13,15H,8-9H2,1-2H3/t10-,12+,13-/m0/s1. The first-order valence-corrected chi connectivity index (χ1v) is 5.63. The summed E-state index contributed by atoms with van der Waals surface area (Å²) < 4.78 is 0. The Morgan fingerprint density at radius 3 is 2.53 bits per heavy atom. The minimum absolute atomic E-state index is 0.151. The third kappa shape index (κ3) is 2.21. The molecule has 15 heavy (non-hydrogen) atoms. The molecule has 82 valence electrons. The zero-order valence-corrected chi connectivity index (χ0v) is 9.43. The summed E-state index contributed by atoms with van der Waals surface area (Å²) in [6, 6.07) is 11.3. The Balaban J connectivity index is 2.20. The van der Waals surface area contributed by atoms with Gasteiger partial charge in [0.25, 0.3) is 0 Å². The van der Waals surface area contributed by atoms with Gasteiger partial charge in [-0.1, -0.05) is 30.3 Å². The number of likely N-dealkylation sites (tertiary alicyclic amines) is 1. The van der Waals surface area contributed by atoms with Crippen LogP contribution in [0, 0.1) is 0 Å². The van der Waals surface area contributed by atoms with Crippen LogP contribution in [0.25, 0.3) is 0 Å². The van der Waals surface area contributed by atoms with Gasteiger partial charge in [0.15, 0.2) is 0 Å². The van der Waals surface area contributed by atoms with Crippen LogP contribution in [-0.2, 0) is 0 Å². The van der Waals surface area contributed by atoms with Crippen molar-refractivity contribution in [2.24, 2.45) is 0 Å². The van der Waals surface area contributed by atoms with Crippen molar-refractivity contribution in [2.75, 3.05) is 7.05 Å². The molecule has 2 rings (SSSR count). The molecule has 1 heterocycles. The van der Waals surface area contributed by atoms with Crippen molar-refractivity contribution in [1.29, 1.82) is 0 Å². The Bertz CT molecular complexity index is 312. The molecule has 2 heteroatoms. The van der Waals surface area contributed by atoms with Gasteiger partial charge in [0.2, 0.25) is 0 Å². The highest BCUT2D eigenvalue weighted by Gasteiger charge is 2.30. The van der Waals surface area contributed by atoms with Crippen molar-refractivity contribution in [3.05, 3.63) is 35.9 Å². The van der Waals surface area contributed by atoms with Gasteiger partial charge in [-0.3, -0.25) is 4.90 Å². The summed E-state index contributed by atoms with van der Waals surface area (Å²) >= 11 is 0. The van der Waals surface area contributed by atoms with E-state index < -0.39 is 0 Å². The van der Waals surface area contributed by atoms with E-state index in [-0.39, 0.29) is 6.10 Å². The first-order valence-electron chi connectivity index (χ1n) is 5.63. The average Bonchev–Trinajstić information content (AvgIpc) is 2.24. The van der Waals surface area contributed by atoms with E-state index in [2.05, 4.69) is 43.1 Å². The Kier molecular flexibility index (Phi) is 3.08. The van der Waals surface area contributed by atoms with E-state index in [0.29, 0.717) is 12.1 Å². The van der Waals surface area contributed by atoms with Gasteiger partial charge in [0.1, 0.15) is 0 Å². The fourth-order valence-electron chi connectivity index (χ4n) is 2.43. The Morgan fingerprint density at radius 2 is 1.87 bits per heavy atom. The SMILES string of the molecule is C[C@H]1C[C@@H](O)C[C@@H](c2ccccc2)N1C. The predicted molar refractivity (Wildman–Crippen MR) is 61.6 cm³/mol. The summed E-state index contributed by atoms with van der Waals surface area (Å²) in [4.78, 5) is 2.36. The predicted octanol–water partition coefficient (Wildman–Crippen LogP) is 2.20. The second kappa shape index (κ2) is 4.33. The van der Waals surface area contributed by atoms with Crippen molar-refractivity contribution in [2.45, 2.75) is 38.0 Å². The van der Waals surface area contributed by atoms with E-state index in [4.69, 9.17) is 0 Å². The van der Waals surface area contributed by atoms with Crippen LogP contribution in [0.15, 0.2) is 30.3 Å². The number of rotatable bonds is 1. The first-order chi connectivity index (χ1) is 7.18. The van der Waals surface area contributed by atoms with Crippen LogP contribution in [0.1, 0.15) is 31.4 Å². The molecular weight excluding hydrogens is 186 g/mol. The van der Waals surface area contributed by atoms with Crippen LogP contribution in [0.2, 0.25) is 0 Å². The van der Waals surface area contributed by atoms with Crippen molar-refractivity contribution < 1.29 is 5.11 Å². The second-order valence-electron chi connectivity index (χ2n) is 4.57. The van der Waals surface area contributed by atoms with Gasteiger partial charge in [0, 0.05) is 12.1 Å². The molecule has 2 nitrogen and oxygen atoms in total. The Labute approximate surface area is 91.5 Å². The van der Waals surface area contributed by atoms with E-state index in [9.17, 15) is 5.11 Å². The molecule has 0 unspecified atom stereocenters. The monoisotopic (exact) mass is 205 g/mol. The highest BCUT2D eigenvalue weighted by molar-refractivity contribution is 5.20. The minimum atomic E-state index is -0.151. The Hall–Kier alpha value is -0.860. The van der Waals surface area contributed by atoms with Gasteiger partial charge < -0.3 is 5.11 Å². The summed E-state index contributed by atoms with van der Waals surface area (Å²) in [5.74, 6) is 0. The van der Waals surface area contributed by atoms with Crippen LogP contribution in [0.3, 0.4) is 0 Å². The molecule has 1 aromatic carbocycles. The maximum absolute atomic E-state index is 9.80. The quantitative estimate of drug-likeness (QED) is 0.759. The average molecular weight is 205 g/mol. The van der Waals surface area contributed by atoms with E-state index in [1.165, 1.54) is 5.56 Å². The zero-order chi connectivity index (χ0) is 10.8. The number of hydrogen-bond donors (Lipinski definition) is 1. The molecule has 0 bridgehead atoms. The van der Waals surface area contributed by atoms with Crippen LogP contribution in [0.4, 0.5) is 0 Å². The maximum Gasteiger partial charge on any atom is 0.0573 e. The summed E-state index contributed by atoms with van der Waals surface area (Å²) in [5, 5.41) is 9.80. The van der Waals surface area contributed by atoms with Crippen LogP contribution in [0.5, 0.6) is 0 Å². The molecule has 0 amide bonds. The number of nitrogens with zero attached hydrogens (tertiary/aromatic N) is 1. The lowest BCUT2D eigenvalue weighted by Crippen LogP contribution is -2.42. The number of aliphatic hydroxyl groups is 1. The van der Waals surface area contributed by atoms with E-state index in [0.717, 1.165) is 12.8 Å². The lowest BCUT2D eigenvalue weighted by molar-refractivity contribution is 0.0216. The molecule has 1 saturated heterocycles. The smallest absolute Gasteiger partial charge is 0.0573 e. The topological polar surface area (TPSA) is 23.5 Å². The van der Waals surface area contributed by atoms with Gasteiger partial charge in [0.05, 0.1) is 6.10 Å². The molecule has 0 aliphatic carbocycles. The van der Waals surface area contributed by atoms with Crippen LogP contribution in [-0.4, -0.2) is 29.2 Å². The summed E-state index contributed by atoms with van der Waals surface area (Å²) in [5.41, 5.74) is 1.31. The molecule has 3 atom stereocenters. The first kappa shape index (κ1) is 10.7. The van der Waals surface area contributed by atoms with Crippen molar-refractivity contribution >= 4 is 0 Å². The molecule has 1 aromatic rings. The van der Waals surface area contributed by atoms with Crippen molar-refractivity contribution in [3.63, 3.8) is 0 Å². The molecule has 0 saturated carbocycles. The van der Waals surface area contributed by atoms with Crippen molar-refractivity contribution in [3.8, 4) is 0 Å². The maximum atomic E-state index is 9.80. The molecule has 1 aliphatic heterocycles.